The number of allylic oxidation sites excluding steroid dienone is 2. The summed E-state index contributed by atoms with van der Waals surface area (Å²) in [6.45, 7) is 1.87. The number of rotatable bonds is 4. The van der Waals surface area contributed by atoms with E-state index in [0.29, 0.717) is 11.5 Å². The first-order chi connectivity index (χ1) is 13.2. The second-order valence-electron chi connectivity index (χ2n) is 7.37. The molecule has 1 aromatic rings. The van der Waals surface area contributed by atoms with Crippen molar-refractivity contribution in [2.75, 3.05) is 27.3 Å². The fourth-order valence-electron chi connectivity index (χ4n) is 4.38. The van der Waals surface area contributed by atoms with Crippen molar-refractivity contribution < 1.29 is 14.3 Å². The average Bonchev–Trinajstić information content (AvgIpc) is 2.74. The van der Waals surface area contributed by atoms with Gasteiger partial charge in [-0.25, -0.2) is 5.01 Å². The molecule has 144 valence electrons. The van der Waals surface area contributed by atoms with E-state index in [0.717, 1.165) is 50.0 Å². The van der Waals surface area contributed by atoms with E-state index in [-0.39, 0.29) is 23.8 Å². The number of nitrogens with zero attached hydrogens (tertiary/aromatic N) is 2. The highest BCUT2D eigenvalue weighted by atomic mass is 16.5. The molecule has 1 unspecified atom stereocenters. The Morgan fingerprint density at radius 1 is 1.04 bits per heavy atom. The first-order valence-corrected chi connectivity index (χ1v) is 9.72. The van der Waals surface area contributed by atoms with Gasteiger partial charge in [0.2, 0.25) is 5.91 Å². The van der Waals surface area contributed by atoms with Crippen molar-refractivity contribution in [2.24, 2.45) is 16.9 Å². The second-order valence-corrected chi connectivity index (χ2v) is 7.37. The van der Waals surface area contributed by atoms with Crippen LogP contribution < -0.4 is 14.8 Å². The largest absolute Gasteiger partial charge is 0.493 e. The van der Waals surface area contributed by atoms with Crippen LogP contribution in [0.1, 0.15) is 31.2 Å². The molecule has 0 radical (unpaired) electrons. The molecule has 0 saturated carbocycles. The maximum Gasteiger partial charge on any atom is 0.247 e. The number of ether oxygens (including phenoxy) is 2. The number of amides is 1. The first kappa shape index (κ1) is 18.0. The molecule has 3 aliphatic rings. The van der Waals surface area contributed by atoms with E-state index in [1.165, 1.54) is 0 Å². The van der Waals surface area contributed by atoms with Gasteiger partial charge in [0.25, 0.3) is 0 Å². The van der Waals surface area contributed by atoms with Gasteiger partial charge in [0.1, 0.15) is 0 Å². The van der Waals surface area contributed by atoms with Crippen LogP contribution >= 0.6 is 0 Å². The number of benzene rings is 1. The molecule has 6 heteroatoms. The summed E-state index contributed by atoms with van der Waals surface area (Å²) in [5, 5.41) is 10.1. The van der Waals surface area contributed by atoms with Crippen molar-refractivity contribution in [1.82, 2.24) is 10.3 Å². The van der Waals surface area contributed by atoms with Crippen molar-refractivity contribution >= 4 is 11.6 Å². The summed E-state index contributed by atoms with van der Waals surface area (Å²) in [5.41, 5.74) is 1.99. The lowest BCUT2D eigenvalue weighted by Crippen LogP contribution is -2.51. The molecule has 1 N–H and O–H groups in total. The predicted molar refractivity (Wildman–Crippen MR) is 104 cm³/mol. The van der Waals surface area contributed by atoms with Crippen LogP contribution in [-0.4, -0.2) is 50.0 Å². The third-order valence-corrected chi connectivity index (χ3v) is 5.88. The van der Waals surface area contributed by atoms with Crippen LogP contribution in [0.4, 0.5) is 0 Å². The minimum Gasteiger partial charge on any atom is -0.493 e. The van der Waals surface area contributed by atoms with Crippen molar-refractivity contribution in [3.8, 4) is 11.5 Å². The number of carbonyl (C=O) groups is 1. The fraction of sp³-hybridized carbons (Fsp3) is 0.524. The Kier molecular flexibility index (Phi) is 5.16. The number of nitrogens with one attached hydrogen (secondary N) is 1. The van der Waals surface area contributed by atoms with Gasteiger partial charge in [-0.15, -0.1) is 0 Å². The van der Waals surface area contributed by atoms with Gasteiger partial charge in [0, 0.05) is 11.5 Å². The van der Waals surface area contributed by atoms with Crippen LogP contribution in [0.2, 0.25) is 0 Å². The van der Waals surface area contributed by atoms with Gasteiger partial charge in [-0.2, -0.15) is 5.10 Å². The van der Waals surface area contributed by atoms with Crippen LogP contribution in [0.25, 0.3) is 0 Å². The molecule has 2 atom stereocenters. The molecule has 4 rings (SSSR count). The zero-order valence-corrected chi connectivity index (χ0v) is 16.0. The maximum absolute atomic E-state index is 13.2. The number of fused-ring (bicyclic) bond motifs is 1. The SMILES string of the molecule is COc1ccc(C2=NN(C3CCNCC3)C(=O)[C@@H]3CC=CCC23)cc1OC. The Hall–Kier alpha value is -2.34. The molecule has 2 heterocycles. The van der Waals surface area contributed by atoms with Gasteiger partial charge in [-0.1, -0.05) is 12.2 Å². The molecular weight excluding hydrogens is 342 g/mol. The Balaban J connectivity index is 1.75. The van der Waals surface area contributed by atoms with Crippen molar-refractivity contribution in [3.63, 3.8) is 0 Å². The summed E-state index contributed by atoms with van der Waals surface area (Å²) in [4.78, 5) is 13.2. The monoisotopic (exact) mass is 369 g/mol. The van der Waals surface area contributed by atoms with E-state index < -0.39 is 0 Å². The van der Waals surface area contributed by atoms with Crippen LogP contribution in [0.3, 0.4) is 0 Å². The summed E-state index contributed by atoms with van der Waals surface area (Å²) in [6, 6.07) is 6.09. The normalized spacial score (nSPS) is 25.8. The smallest absolute Gasteiger partial charge is 0.247 e. The topological polar surface area (TPSA) is 63.2 Å². The van der Waals surface area contributed by atoms with Gasteiger partial charge in [0.15, 0.2) is 11.5 Å². The third-order valence-electron chi connectivity index (χ3n) is 5.88. The summed E-state index contributed by atoms with van der Waals surface area (Å²) in [7, 11) is 3.27. The third kappa shape index (κ3) is 3.34. The predicted octanol–water partition coefficient (Wildman–Crippen LogP) is 2.58. The molecule has 1 fully saturated rings. The number of hydrazone groups is 1. The van der Waals surface area contributed by atoms with E-state index in [9.17, 15) is 4.79 Å². The Morgan fingerprint density at radius 3 is 2.44 bits per heavy atom. The molecule has 0 spiro atoms. The summed E-state index contributed by atoms with van der Waals surface area (Å²) in [6.07, 6.45) is 7.84. The summed E-state index contributed by atoms with van der Waals surface area (Å²) >= 11 is 0. The van der Waals surface area contributed by atoms with Gasteiger partial charge in [0.05, 0.1) is 31.9 Å². The van der Waals surface area contributed by atoms with Crippen LogP contribution in [0.5, 0.6) is 11.5 Å². The van der Waals surface area contributed by atoms with Gasteiger partial charge in [-0.3, -0.25) is 4.79 Å². The van der Waals surface area contributed by atoms with E-state index in [1.807, 2.05) is 18.2 Å². The fourth-order valence-corrected chi connectivity index (χ4v) is 4.38. The number of hydrogen-bond acceptors (Lipinski definition) is 5. The molecule has 1 amide bonds. The summed E-state index contributed by atoms with van der Waals surface area (Å²) in [5.74, 6) is 1.67. The molecule has 0 bridgehead atoms. The first-order valence-electron chi connectivity index (χ1n) is 9.72. The van der Waals surface area contributed by atoms with Crippen molar-refractivity contribution in [3.05, 3.63) is 35.9 Å². The molecule has 1 aliphatic carbocycles. The lowest BCUT2D eigenvalue weighted by atomic mass is 9.76. The number of methoxy groups -OCH3 is 2. The van der Waals surface area contributed by atoms with Crippen molar-refractivity contribution in [1.29, 1.82) is 0 Å². The molecule has 27 heavy (non-hydrogen) atoms. The Bertz CT molecular complexity index is 768. The van der Waals surface area contributed by atoms with Crippen LogP contribution in [-0.2, 0) is 4.79 Å². The molecule has 6 nitrogen and oxygen atoms in total. The molecule has 1 aromatic carbocycles. The Morgan fingerprint density at radius 2 is 1.74 bits per heavy atom. The molecule has 0 aromatic heterocycles. The average molecular weight is 369 g/mol. The van der Waals surface area contributed by atoms with Gasteiger partial charge >= 0.3 is 0 Å². The number of carbonyl (C=O) groups excluding carboxylic acids is 1. The molecule has 2 aliphatic heterocycles. The highest BCUT2D eigenvalue weighted by molar-refractivity contribution is 6.07. The standard InChI is InChI=1S/C21H27N3O3/c1-26-18-8-7-14(13-19(18)27-2)20-16-5-3-4-6-17(16)21(25)24(23-20)15-9-11-22-12-10-15/h3-4,7-8,13,15-17,22H,5-6,9-12H2,1-2H3/t16?,17-/m1/s1. The van der Waals surface area contributed by atoms with E-state index in [2.05, 4.69) is 17.5 Å². The number of hydrogen-bond donors (Lipinski definition) is 1. The van der Waals surface area contributed by atoms with E-state index in [4.69, 9.17) is 14.6 Å². The quantitative estimate of drug-likeness (QED) is 0.829. The van der Waals surface area contributed by atoms with Crippen LogP contribution in [0.15, 0.2) is 35.5 Å². The molecular formula is C21H27N3O3. The maximum atomic E-state index is 13.2. The van der Waals surface area contributed by atoms with Gasteiger partial charge < -0.3 is 14.8 Å². The second kappa shape index (κ2) is 7.72. The zero-order valence-electron chi connectivity index (χ0n) is 16.0. The lowest BCUT2D eigenvalue weighted by Gasteiger charge is -2.41. The minimum absolute atomic E-state index is 0.0227. The van der Waals surface area contributed by atoms with Crippen LogP contribution in [0, 0.1) is 11.8 Å². The highest BCUT2D eigenvalue weighted by Crippen LogP contribution is 2.38. The number of piperidine rings is 1. The molecule has 1 saturated heterocycles. The lowest BCUT2D eigenvalue weighted by molar-refractivity contribution is -0.141. The minimum atomic E-state index is -0.0227. The highest BCUT2D eigenvalue weighted by Gasteiger charge is 2.42. The van der Waals surface area contributed by atoms with Crippen molar-refractivity contribution in [2.45, 2.75) is 31.7 Å². The van der Waals surface area contributed by atoms with E-state index in [1.54, 1.807) is 19.2 Å². The zero-order chi connectivity index (χ0) is 18.8. The van der Waals surface area contributed by atoms with Gasteiger partial charge in [-0.05, 0) is 57.0 Å². The van der Waals surface area contributed by atoms with E-state index >= 15 is 0 Å². The summed E-state index contributed by atoms with van der Waals surface area (Å²) < 4.78 is 10.9. The Labute approximate surface area is 160 Å².